The number of nitrogens with one attached hydrogen (secondary N) is 2. The minimum atomic E-state index is -1.06. The number of aromatic nitrogens is 1. The number of hydrogen-bond acceptors (Lipinski definition) is 5. The molecule has 3 aromatic carbocycles. The van der Waals surface area contributed by atoms with E-state index in [-0.39, 0.29) is 18.7 Å². The van der Waals surface area contributed by atoms with Crippen molar-refractivity contribution in [2.75, 3.05) is 18.5 Å². The molecule has 4 rings (SSSR count). The van der Waals surface area contributed by atoms with Gasteiger partial charge in [-0.05, 0) is 53.8 Å². The highest BCUT2D eigenvalue weighted by atomic mass is 16.5. The van der Waals surface area contributed by atoms with Crippen LogP contribution in [0, 0.1) is 0 Å². The largest absolute Gasteiger partial charge is 0.494 e. The predicted molar refractivity (Wildman–Crippen MR) is 153 cm³/mol. The summed E-state index contributed by atoms with van der Waals surface area (Å²) in [7, 11) is 0. The molecule has 0 radical (unpaired) electrons. The zero-order valence-electron chi connectivity index (χ0n) is 21.8. The van der Waals surface area contributed by atoms with Crippen LogP contribution in [0.2, 0.25) is 0 Å². The Morgan fingerprint density at radius 2 is 1.54 bits per heavy atom. The van der Waals surface area contributed by atoms with Gasteiger partial charge in [0.1, 0.15) is 17.6 Å². The van der Waals surface area contributed by atoms with Gasteiger partial charge in [-0.25, -0.2) is 9.78 Å². The van der Waals surface area contributed by atoms with E-state index in [2.05, 4.69) is 33.8 Å². The number of amides is 1. The van der Waals surface area contributed by atoms with Crippen LogP contribution in [0.1, 0.15) is 24.0 Å². The maximum absolute atomic E-state index is 12.3. The van der Waals surface area contributed by atoms with E-state index < -0.39 is 12.0 Å². The molecule has 1 aromatic heterocycles. The third kappa shape index (κ3) is 8.71. The third-order valence-electron chi connectivity index (χ3n) is 6.23. The smallest absolute Gasteiger partial charge is 0.326 e. The van der Waals surface area contributed by atoms with Gasteiger partial charge in [-0.2, -0.15) is 0 Å². The number of unbranched alkanes of at least 4 members (excludes halogenated alkanes) is 1. The lowest BCUT2D eigenvalue weighted by atomic mass is 10.1. The van der Waals surface area contributed by atoms with Gasteiger partial charge in [0.25, 0.3) is 0 Å². The quantitative estimate of drug-likeness (QED) is 0.192. The topological polar surface area (TPSA) is 101 Å². The number of ether oxygens (including phenoxy) is 1. The molecule has 0 aliphatic rings. The number of carbonyl (C=O) groups excluding carboxylic acids is 1. The van der Waals surface area contributed by atoms with Crippen molar-refractivity contribution < 1.29 is 19.4 Å². The lowest BCUT2D eigenvalue weighted by Gasteiger charge is -2.15. The second kappa shape index (κ2) is 14.3. The second-order valence-corrected chi connectivity index (χ2v) is 9.22. The molecule has 0 fully saturated rings. The summed E-state index contributed by atoms with van der Waals surface area (Å²) < 4.78 is 5.86. The molecule has 200 valence electrons. The fourth-order valence-electron chi connectivity index (χ4n) is 4.20. The van der Waals surface area contributed by atoms with Crippen LogP contribution >= 0.6 is 0 Å². The average Bonchev–Trinajstić information content (AvgIpc) is 2.96. The van der Waals surface area contributed by atoms with Gasteiger partial charge in [-0.15, -0.1) is 0 Å². The number of pyridine rings is 1. The summed E-state index contributed by atoms with van der Waals surface area (Å²) in [6.45, 7) is 1.35. The molecule has 0 bridgehead atoms. The molecule has 7 nitrogen and oxygen atoms in total. The van der Waals surface area contributed by atoms with E-state index in [0.29, 0.717) is 6.61 Å². The van der Waals surface area contributed by atoms with E-state index in [0.717, 1.165) is 53.2 Å². The Kier molecular flexibility index (Phi) is 10.1. The van der Waals surface area contributed by atoms with E-state index >= 15 is 0 Å². The van der Waals surface area contributed by atoms with Gasteiger partial charge in [0.05, 0.1) is 13.0 Å². The van der Waals surface area contributed by atoms with Crippen LogP contribution in [-0.4, -0.2) is 41.2 Å². The molecule has 1 atom stereocenters. The molecular weight excluding hydrogens is 490 g/mol. The molecule has 1 amide bonds. The molecule has 4 aromatic rings. The Hall–Kier alpha value is -4.65. The number of hydrogen-bond donors (Lipinski definition) is 3. The predicted octanol–water partition coefficient (Wildman–Crippen LogP) is 5.37. The summed E-state index contributed by atoms with van der Waals surface area (Å²) >= 11 is 0. The molecular formula is C32H33N3O4. The van der Waals surface area contributed by atoms with Crippen LogP contribution in [0.4, 0.5) is 5.82 Å². The first-order valence-corrected chi connectivity index (χ1v) is 13.1. The van der Waals surface area contributed by atoms with Crippen molar-refractivity contribution in [1.29, 1.82) is 0 Å². The van der Waals surface area contributed by atoms with Crippen molar-refractivity contribution in [2.24, 2.45) is 0 Å². The zero-order valence-corrected chi connectivity index (χ0v) is 21.8. The average molecular weight is 524 g/mol. The van der Waals surface area contributed by atoms with Gasteiger partial charge in [-0.1, -0.05) is 72.8 Å². The summed E-state index contributed by atoms with van der Waals surface area (Å²) in [6, 6.07) is 29.8. The number of aliphatic carboxylic acids is 1. The zero-order chi connectivity index (χ0) is 27.3. The fourth-order valence-corrected chi connectivity index (χ4v) is 4.20. The molecule has 0 aliphatic carbocycles. The van der Waals surface area contributed by atoms with Crippen LogP contribution in [0.5, 0.6) is 5.75 Å². The number of rotatable bonds is 14. The van der Waals surface area contributed by atoms with Crippen LogP contribution < -0.4 is 15.4 Å². The maximum atomic E-state index is 12.3. The number of carboxylic acid groups (broad SMARTS) is 1. The maximum Gasteiger partial charge on any atom is 0.326 e. The molecule has 0 saturated heterocycles. The Labute approximate surface area is 228 Å². The summed E-state index contributed by atoms with van der Waals surface area (Å²) in [5.41, 5.74) is 3.85. The van der Waals surface area contributed by atoms with Crippen LogP contribution in [0.3, 0.4) is 0 Å². The summed E-state index contributed by atoms with van der Waals surface area (Å²) in [5, 5.41) is 15.6. The molecule has 0 saturated carbocycles. The van der Waals surface area contributed by atoms with E-state index in [1.165, 1.54) is 0 Å². The Morgan fingerprint density at radius 3 is 2.26 bits per heavy atom. The molecule has 1 heterocycles. The fraction of sp³-hybridized carbons (Fsp3) is 0.219. The number of carbonyl (C=O) groups is 2. The van der Waals surface area contributed by atoms with Crippen molar-refractivity contribution >= 4 is 17.7 Å². The number of anilines is 1. The summed E-state index contributed by atoms with van der Waals surface area (Å²) in [5.74, 6) is 0.216. The molecule has 0 unspecified atom stereocenters. The van der Waals surface area contributed by atoms with Gasteiger partial charge in [0.15, 0.2) is 0 Å². The molecule has 0 aliphatic heterocycles. The Bertz CT molecular complexity index is 1330. The van der Waals surface area contributed by atoms with Crippen molar-refractivity contribution in [3.8, 4) is 16.9 Å². The van der Waals surface area contributed by atoms with Crippen molar-refractivity contribution in [3.05, 3.63) is 114 Å². The summed E-state index contributed by atoms with van der Waals surface area (Å²) in [6.07, 6.45) is 3.92. The first kappa shape index (κ1) is 27.4. The van der Waals surface area contributed by atoms with Gasteiger partial charge < -0.3 is 20.5 Å². The van der Waals surface area contributed by atoms with Gasteiger partial charge in [0, 0.05) is 24.7 Å². The van der Waals surface area contributed by atoms with Crippen LogP contribution in [0.15, 0.2) is 103 Å². The monoisotopic (exact) mass is 523 g/mol. The van der Waals surface area contributed by atoms with E-state index in [1.54, 1.807) is 6.20 Å². The number of carboxylic acids is 1. The number of nitrogens with zero attached hydrogens (tertiary/aromatic N) is 1. The number of benzene rings is 3. The minimum absolute atomic E-state index is 0.142. The normalized spacial score (nSPS) is 11.4. The SMILES string of the molecule is O=C(Cc1ccccc1)N[C@@H](Cc1ccc(OCCCCNc2ncccc2-c2ccccc2)cc1)C(=O)O. The van der Waals surface area contributed by atoms with Crippen LogP contribution in [-0.2, 0) is 22.4 Å². The first-order chi connectivity index (χ1) is 19.1. The standard InChI is InChI=1S/C32H33N3O4/c36-30(23-24-10-3-1-4-11-24)35-29(32(37)38)22-25-15-17-27(18-16-25)39-21-8-7-19-33-31-28(14-9-20-34-31)26-12-5-2-6-13-26/h1-6,9-18,20,29H,7-8,19,21-23H2,(H,33,34)(H,35,36)(H,37,38)/t29-/m0/s1. The second-order valence-electron chi connectivity index (χ2n) is 9.22. The lowest BCUT2D eigenvalue weighted by molar-refractivity contribution is -0.141. The molecule has 3 N–H and O–H groups in total. The highest BCUT2D eigenvalue weighted by Gasteiger charge is 2.20. The minimum Gasteiger partial charge on any atom is -0.494 e. The molecule has 0 spiro atoms. The first-order valence-electron chi connectivity index (χ1n) is 13.1. The van der Waals surface area contributed by atoms with E-state index in [1.807, 2.05) is 78.9 Å². The van der Waals surface area contributed by atoms with Gasteiger partial charge in [-0.3, -0.25) is 4.79 Å². The van der Waals surface area contributed by atoms with Gasteiger partial charge >= 0.3 is 5.97 Å². The Balaban J connectivity index is 1.18. The van der Waals surface area contributed by atoms with Crippen molar-refractivity contribution in [1.82, 2.24) is 10.3 Å². The molecule has 39 heavy (non-hydrogen) atoms. The van der Waals surface area contributed by atoms with Crippen LogP contribution in [0.25, 0.3) is 11.1 Å². The highest BCUT2D eigenvalue weighted by molar-refractivity contribution is 5.85. The molecule has 7 heteroatoms. The van der Waals surface area contributed by atoms with Crippen molar-refractivity contribution in [3.63, 3.8) is 0 Å². The third-order valence-corrected chi connectivity index (χ3v) is 6.23. The van der Waals surface area contributed by atoms with Crippen molar-refractivity contribution in [2.45, 2.75) is 31.7 Å². The lowest BCUT2D eigenvalue weighted by Crippen LogP contribution is -2.43. The Morgan fingerprint density at radius 1 is 0.821 bits per heavy atom. The highest BCUT2D eigenvalue weighted by Crippen LogP contribution is 2.25. The van der Waals surface area contributed by atoms with E-state index in [9.17, 15) is 14.7 Å². The van der Waals surface area contributed by atoms with E-state index in [4.69, 9.17) is 4.74 Å². The van der Waals surface area contributed by atoms with Gasteiger partial charge in [0.2, 0.25) is 5.91 Å². The summed E-state index contributed by atoms with van der Waals surface area (Å²) in [4.78, 5) is 28.5.